The molecule has 0 saturated carbocycles. The van der Waals surface area contributed by atoms with Gasteiger partial charge in [0.15, 0.2) is 5.82 Å². The van der Waals surface area contributed by atoms with Crippen molar-refractivity contribution in [1.29, 1.82) is 0 Å². The fourth-order valence-electron chi connectivity index (χ4n) is 3.02. The van der Waals surface area contributed by atoms with Gasteiger partial charge in [0.1, 0.15) is 0 Å². The minimum atomic E-state index is -1.09. The van der Waals surface area contributed by atoms with Gasteiger partial charge in [-0.05, 0) is 41.8 Å². The van der Waals surface area contributed by atoms with E-state index in [0.717, 1.165) is 6.42 Å². The van der Waals surface area contributed by atoms with Gasteiger partial charge in [0, 0.05) is 18.1 Å². The second-order valence-electron chi connectivity index (χ2n) is 5.88. The van der Waals surface area contributed by atoms with Crippen LogP contribution in [0.2, 0.25) is 5.02 Å². The number of benzene rings is 2. The number of hydrogen-bond donors (Lipinski definition) is 1. The van der Waals surface area contributed by atoms with E-state index in [2.05, 4.69) is 22.3 Å². The number of anilines is 1. The topological polar surface area (TPSA) is 71.2 Å². The second kappa shape index (κ2) is 6.22. The number of aromatic carboxylic acids is 1. The average molecular weight is 355 g/mol. The van der Waals surface area contributed by atoms with Gasteiger partial charge in [-0.25, -0.2) is 4.79 Å². The smallest absolute Gasteiger partial charge is 0.360 e. The van der Waals surface area contributed by atoms with Crippen LogP contribution in [0, 0.1) is 0 Å². The summed E-state index contributed by atoms with van der Waals surface area (Å²) in [6.45, 7) is 1.33. The third kappa shape index (κ3) is 2.96. The summed E-state index contributed by atoms with van der Waals surface area (Å²) in [4.78, 5) is 15.0. The summed E-state index contributed by atoms with van der Waals surface area (Å²) in [6.07, 6.45) is 0.850. The normalized spacial score (nSPS) is 13.6. The molecule has 3 aromatic rings. The lowest BCUT2D eigenvalue weighted by Gasteiger charge is -2.28. The van der Waals surface area contributed by atoms with Crippen molar-refractivity contribution in [1.82, 2.24) is 15.0 Å². The van der Waals surface area contributed by atoms with Crippen molar-refractivity contribution in [2.24, 2.45) is 0 Å². The molecule has 126 valence electrons. The molecule has 2 heterocycles. The number of fused-ring (bicyclic) bond motifs is 1. The van der Waals surface area contributed by atoms with Crippen LogP contribution in [0.4, 0.5) is 5.82 Å². The van der Waals surface area contributed by atoms with Gasteiger partial charge in [0.25, 0.3) is 0 Å². The molecule has 0 unspecified atom stereocenters. The van der Waals surface area contributed by atoms with Crippen molar-refractivity contribution in [2.75, 3.05) is 11.4 Å². The molecule has 1 N–H and O–H groups in total. The highest BCUT2D eigenvalue weighted by atomic mass is 35.5. The zero-order chi connectivity index (χ0) is 17.4. The van der Waals surface area contributed by atoms with E-state index in [1.807, 2.05) is 17.0 Å². The number of carboxylic acid groups (broad SMARTS) is 1. The van der Waals surface area contributed by atoms with Crippen molar-refractivity contribution >= 4 is 23.4 Å². The Labute approximate surface area is 149 Å². The first-order valence-electron chi connectivity index (χ1n) is 7.90. The van der Waals surface area contributed by atoms with E-state index < -0.39 is 5.97 Å². The summed E-state index contributed by atoms with van der Waals surface area (Å²) >= 11 is 5.90. The molecule has 2 aromatic carbocycles. The maximum absolute atomic E-state index is 11.6. The Kier molecular flexibility index (Phi) is 3.89. The highest BCUT2D eigenvalue weighted by molar-refractivity contribution is 6.30. The standard InChI is InChI=1S/C18H15ClN4O2/c19-14-5-7-15(8-6-14)23-20-16(18(24)25)17(21-23)22-10-9-12-3-1-2-4-13(12)11-22/h1-8H,9-11H2,(H,24,25). The van der Waals surface area contributed by atoms with Gasteiger partial charge in [0.05, 0.1) is 5.69 Å². The molecule has 7 heteroatoms. The van der Waals surface area contributed by atoms with Gasteiger partial charge in [-0.3, -0.25) is 0 Å². The van der Waals surface area contributed by atoms with Gasteiger partial charge in [-0.2, -0.15) is 0 Å². The van der Waals surface area contributed by atoms with Gasteiger partial charge in [-0.1, -0.05) is 35.9 Å². The number of rotatable bonds is 3. The van der Waals surface area contributed by atoms with Gasteiger partial charge < -0.3 is 10.0 Å². The lowest BCUT2D eigenvalue weighted by atomic mass is 10.00. The molecule has 1 aliphatic rings. The Bertz CT molecular complexity index is 937. The molecule has 0 amide bonds. The average Bonchev–Trinajstić information content (AvgIpc) is 3.07. The SMILES string of the molecule is O=C(O)c1nn(-c2ccc(Cl)cc2)nc1N1CCc2ccccc2C1. The number of hydrogen-bond acceptors (Lipinski definition) is 4. The van der Waals surface area contributed by atoms with E-state index >= 15 is 0 Å². The first kappa shape index (κ1) is 15.7. The van der Waals surface area contributed by atoms with Gasteiger partial charge in [-0.15, -0.1) is 15.0 Å². The van der Waals surface area contributed by atoms with Gasteiger partial charge >= 0.3 is 5.97 Å². The Morgan fingerprint density at radius 1 is 1.04 bits per heavy atom. The minimum Gasteiger partial charge on any atom is -0.476 e. The van der Waals surface area contributed by atoms with E-state index in [4.69, 9.17) is 11.6 Å². The Morgan fingerprint density at radius 2 is 1.76 bits per heavy atom. The number of aromatic nitrogens is 3. The van der Waals surface area contributed by atoms with Crippen LogP contribution in [-0.4, -0.2) is 32.6 Å². The van der Waals surface area contributed by atoms with Gasteiger partial charge in [0.2, 0.25) is 5.69 Å². The number of nitrogens with zero attached hydrogens (tertiary/aromatic N) is 4. The van der Waals surface area contributed by atoms with Crippen LogP contribution >= 0.6 is 11.6 Å². The first-order chi connectivity index (χ1) is 12.1. The molecule has 6 nitrogen and oxygen atoms in total. The first-order valence-corrected chi connectivity index (χ1v) is 8.28. The number of carbonyl (C=O) groups is 1. The quantitative estimate of drug-likeness (QED) is 0.782. The Hall–Kier alpha value is -2.86. The zero-order valence-corrected chi connectivity index (χ0v) is 14.0. The molecule has 0 bridgehead atoms. The van der Waals surface area contributed by atoms with Crippen LogP contribution in [0.1, 0.15) is 21.6 Å². The zero-order valence-electron chi connectivity index (χ0n) is 13.3. The number of halogens is 1. The van der Waals surface area contributed by atoms with Crippen molar-refractivity contribution in [3.05, 3.63) is 70.4 Å². The molecular formula is C18H15ClN4O2. The largest absolute Gasteiger partial charge is 0.476 e. The molecule has 0 aliphatic carbocycles. The van der Waals surface area contributed by atoms with Crippen LogP contribution in [0.3, 0.4) is 0 Å². The van der Waals surface area contributed by atoms with E-state index in [-0.39, 0.29) is 5.69 Å². The summed E-state index contributed by atoms with van der Waals surface area (Å²) in [7, 11) is 0. The molecule has 4 rings (SSSR count). The lowest BCUT2D eigenvalue weighted by molar-refractivity contribution is 0.0690. The fourth-order valence-corrected chi connectivity index (χ4v) is 3.14. The molecule has 0 atom stereocenters. The maximum Gasteiger partial charge on any atom is 0.360 e. The molecule has 1 aromatic heterocycles. The van der Waals surface area contributed by atoms with Crippen molar-refractivity contribution in [2.45, 2.75) is 13.0 Å². The summed E-state index contributed by atoms with van der Waals surface area (Å²) in [5, 5.41) is 18.7. The molecular weight excluding hydrogens is 340 g/mol. The highest BCUT2D eigenvalue weighted by Crippen LogP contribution is 2.26. The molecule has 0 radical (unpaired) electrons. The van der Waals surface area contributed by atoms with Crippen molar-refractivity contribution in [3.63, 3.8) is 0 Å². The summed E-state index contributed by atoms with van der Waals surface area (Å²) < 4.78 is 0. The molecule has 0 saturated heterocycles. The Balaban J connectivity index is 1.72. The van der Waals surface area contributed by atoms with Crippen LogP contribution < -0.4 is 4.90 Å². The molecule has 1 aliphatic heterocycles. The second-order valence-corrected chi connectivity index (χ2v) is 6.32. The van der Waals surface area contributed by atoms with Crippen LogP contribution in [0.25, 0.3) is 5.69 Å². The predicted molar refractivity (Wildman–Crippen MR) is 94.5 cm³/mol. The van der Waals surface area contributed by atoms with Crippen molar-refractivity contribution in [3.8, 4) is 5.69 Å². The third-order valence-electron chi connectivity index (χ3n) is 4.29. The van der Waals surface area contributed by atoms with Crippen LogP contribution in [0.15, 0.2) is 48.5 Å². The van der Waals surface area contributed by atoms with E-state index in [0.29, 0.717) is 29.6 Å². The van der Waals surface area contributed by atoms with E-state index in [1.165, 1.54) is 15.9 Å². The third-order valence-corrected chi connectivity index (χ3v) is 4.54. The minimum absolute atomic E-state index is 0.0469. The molecule has 25 heavy (non-hydrogen) atoms. The van der Waals surface area contributed by atoms with Crippen LogP contribution in [-0.2, 0) is 13.0 Å². The number of carboxylic acids is 1. The fraction of sp³-hybridized carbons (Fsp3) is 0.167. The Morgan fingerprint density at radius 3 is 2.48 bits per heavy atom. The maximum atomic E-state index is 11.6. The predicted octanol–water partition coefficient (Wildman–Crippen LogP) is 3.18. The van der Waals surface area contributed by atoms with Crippen LogP contribution in [0.5, 0.6) is 0 Å². The lowest BCUT2D eigenvalue weighted by Crippen LogP contribution is -2.31. The highest BCUT2D eigenvalue weighted by Gasteiger charge is 2.26. The van der Waals surface area contributed by atoms with Crippen molar-refractivity contribution < 1.29 is 9.90 Å². The molecule has 0 fully saturated rings. The molecule has 0 spiro atoms. The summed E-state index contributed by atoms with van der Waals surface area (Å²) in [5.41, 5.74) is 3.09. The summed E-state index contributed by atoms with van der Waals surface area (Å²) in [5.74, 6) is -0.703. The summed E-state index contributed by atoms with van der Waals surface area (Å²) in [6, 6.07) is 15.1. The monoisotopic (exact) mass is 354 g/mol. The van der Waals surface area contributed by atoms with E-state index in [9.17, 15) is 9.90 Å². The van der Waals surface area contributed by atoms with E-state index in [1.54, 1.807) is 24.3 Å².